The number of rotatable bonds is 3. The van der Waals surface area contributed by atoms with Crippen LogP contribution >= 0.6 is 0 Å². The van der Waals surface area contributed by atoms with Crippen LogP contribution in [0.15, 0.2) is 24.7 Å². The second-order valence-corrected chi connectivity index (χ2v) is 4.93. The standard InChI is InChI=1S/C15H15N7/c1-3-9-4-10(6-16)18-7-11(9)20-13-5-12-14(15(17)21-13)19-8-22(12)2/h4-5,7-8H,3H2,1-2H3,(H3,17,20,21). The predicted octanol–water partition coefficient (Wildman–Crippen LogP) is 2.12. The normalized spacial score (nSPS) is 10.6. The lowest BCUT2D eigenvalue weighted by Gasteiger charge is -2.11. The van der Waals surface area contributed by atoms with Crippen LogP contribution < -0.4 is 11.1 Å². The first kappa shape index (κ1) is 13.8. The zero-order valence-electron chi connectivity index (χ0n) is 12.3. The van der Waals surface area contributed by atoms with E-state index in [0.717, 1.165) is 23.2 Å². The molecule has 0 aliphatic carbocycles. The van der Waals surface area contributed by atoms with Crippen molar-refractivity contribution in [1.29, 1.82) is 5.26 Å². The van der Waals surface area contributed by atoms with Crippen molar-refractivity contribution >= 4 is 28.4 Å². The molecule has 0 fully saturated rings. The molecule has 22 heavy (non-hydrogen) atoms. The van der Waals surface area contributed by atoms with Crippen LogP contribution in [0.25, 0.3) is 11.0 Å². The summed E-state index contributed by atoms with van der Waals surface area (Å²) in [5.41, 5.74) is 9.75. The lowest BCUT2D eigenvalue weighted by molar-refractivity contribution is 0.947. The van der Waals surface area contributed by atoms with E-state index in [0.29, 0.717) is 22.8 Å². The topological polar surface area (TPSA) is 105 Å². The molecule has 0 aliphatic heterocycles. The minimum Gasteiger partial charge on any atom is -0.382 e. The van der Waals surface area contributed by atoms with Crippen LogP contribution in [0.1, 0.15) is 18.2 Å². The van der Waals surface area contributed by atoms with Crippen LogP contribution in [-0.2, 0) is 13.5 Å². The summed E-state index contributed by atoms with van der Waals surface area (Å²) >= 11 is 0. The number of hydrogen-bond donors (Lipinski definition) is 2. The number of nitrogens with two attached hydrogens (primary N) is 1. The molecular weight excluding hydrogens is 278 g/mol. The second kappa shape index (κ2) is 5.33. The van der Waals surface area contributed by atoms with E-state index < -0.39 is 0 Å². The number of fused-ring (bicyclic) bond motifs is 1. The Kier molecular flexibility index (Phi) is 3.35. The molecular formula is C15H15N7. The van der Waals surface area contributed by atoms with Gasteiger partial charge in [0.1, 0.15) is 23.1 Å². The fourth-order valence-corrected chi connectivity index (χ4v) is 2.32. The predicted molar refractivity (Wildman–Crippen MR) is 84.5 cm³/mol. The van der Waals surface area contributed by atoms with Crippen LogP contribution in [0.3, 0.4) is 0 Å². The van der Waals surface area contributed by atoms with Crippen molar-refractivity contribution in [2.24, 2.45) is 7.05 Å². The van der Waals surface area contributed by atoms with Crippen LogP contribution in [-0.4, -0.2) is 19.5 Å². The quantitative estimate of drug-likeness (QED) is 0.766. The first-order valence-electron chi connectivity index (χ1n) is 6.86. The van der Waals surface area contributed by atoms with E-state index in [9.17, 15) is 0 Å². The molecule has 0 aliphatic rings. The van der Waals surface area contributed by atoms with E-state index in [4.69, 9.17) is 11.0 Å². The van der Waals surface area contributed by atoms with Gasteiger partial charge in [-0.15, -0.1) is 0 Å². The van der Waals surface area contributed by atoms with Crippen molar-refractivity contribution in [3.8, 4) is 6.07 Å². The number of anilines is 3. The lowest BCUT2D eigenvalue weighted by Crippen LogP contribution is -2.02. The Labute approximate surface area is 127 Å². The highest BCUT2D eigenvalue weighted by molar-refractivity contribution is 5.87. The van der Waals surface area contributed by atoms with Crippen LogP contribution in [0.5, 0.6) is 0 Å². The molecule has 0 atom stereocenters. The van der Waals surface area contributed by atoms with Gasteiger partial charge in [0.15, 0.2) is 5.82 Å². The third-order valence-corrected chi connectivity index (χ3v) is 3.49. The Hall–Kier alpha value is -3.14. The highest BCUT2D eigenvalue weighted by atomic mass is 15.1. The summed E-state index contributed by atoms with van der Waals surface area (Å²) in [5.74, 6) is 0.995. The second-order valence-electron chi connectivity index (χ2n) is 4.93. The molecule has 0 saturated heterocycles. The zero-order chi connectivity index (χ0) is 15.7. The van der Waals surface area contributed by atoms with Crippen molar-refractivity contribution in [1.82, 2.24) is 19.5 Å². The highest BCUT2D eigenvalue weighted by Gasteiger charge is 2.10. The summed E-state index contributed by atoms with van der Waals surface area (Å²) < 4.78 is 1.89. The van der Waals surface area contributed by atoms with Crippen molar-refractivity contribution in [2.75, 3.05) is 11.1 Å². The van der Waals surface area contributed by atoms with Gasteiger partial charge in [0, 0.05) is 13.1 Å². The molecule has 0 spiro atoms. The fourth-order valence-electron chi connectivity index (χ4n) is 2.32. The van der Waals surface area contributed by atoms with E-state index in [1.54, 1.807) is 18.6 Å². The first-order valence-corrected chi connectivity index (χ1v) is 6.86. The van der Waals surface area contributed by atoms with Gasteiger partial charge in [-0.1, -0.05) is 6.92 Å². The fraction of sp³-hybridized carbons (Fsp3) is 0.200. The lowest BCUT2D eigenvalue weighted by atomic mass is 10.1. The van der Waals surface area contributed by atoms with Gasteiger partial charge in [0.25, 0.3) is 0 Å². The number of nitrogens with zero attached hydrogens (tertiary/aromatic N) is 5. The number of aryl methyl sites for hydroxylation is 2. The van der Waals surface area contributed by atoms with Crippen molar-refractivity contribution in [2.45, 2.75) is 13.3 Å². The van der Waals surface area contributed by atoms with E-state index >= 15 is 0 Å². The Balaban J connectivity index is 2.03. The molecule has 3 aromatic heterocycles. The summed E-state index contributed by atoms with van der Waals surface area (Å²) in [6, 6.07) is 5.70. The monoisotopic (exact) mass is 293 g/mol. The van der Waals surface area contributed by atoms with E-state index in [1.807, 2.05) is 30.7 Å². The minimum absolute atomic E-state index is 0.375. The maximum atomic E-state index is 8.93. The summed E-state index contributed by atoms with van der Waals surface area (Å²) in [7, 11) is 1.90. The number of imidazole rings is 1. The Morgan fingerprint density at radius 1 is 1.36 bits per heavy atom. The van der Waals surface area contributed by atoms with Crippen LogP contribution in [0.4, 0.5) is 17.3 Å². The molecule has 3 heterocycles. The molecule has 7 heteroatoms. The third-order valence-electron chi connectivity index (χ3n) is 3.49. The molecule has 0 bridgehead atoms. The maximum Gasteiger partial charge on any atom is 0.154 e. The molecule has 3 N–H and O–H groups in total. The van der Waals surface area contributed by atoms with Gasteiger partial charge in [-0.25, -0.2) is 15.0 Å². The van der Waals surface area contributed by atoms with Crippen LogP contribution in [0, 0.1) is 11.3 Å². The maximum absolute atomic E-state index is 8.93. The van der Waals surface area contributed by atoms with Gasteiger partial charge < -0.3 is 15.6 Å². The number of hydrogen-bond acceptors (Lipinski definition) is 6. The molecule has 0 unspecified atom stereocenters. The minimum atomic E-state index is 0.375. The largest absolute Gasteiger partial charge is 0.382 e. The van der Waals surface area contributed by atoms with Crippen LogP contribution in [0.2, 0.25) is 0 Å². The third kappa shape index (κ3) is 2.31. The van der Waals surface area contributed by atoms with E-state index in [1.165, 1.54) is 0 Å². The number of nitrogens with one attached hydrogen (secondary N) is 1. The number of nitrogen functional groups attached to an aromatic ring is 1. The average Bonchev–Trinajstić information content (AvgIpc) is 2.90. The van der Waals surface area contributed by atoms with E-state index in [-0.39, 0.29) is 0 Å². The molecule has 0 amide bonds. The molecule has 3 rings (SSSR count). The van der Waals surface area contributed by atoms with Gasteiger partial charge in [-0.2, -0.15) is 5.26 Å². The molecule has 0 saturated carbocycles. The summed E-state index contributed by atoms with van der Waals surface area (Å²) in [6.45, 7) is 2.02. The average molecular weight is 293 g/mol. The Bertz CT molecular complexity index is 889. The molecule has 0 radical (unpaired) electrons. The van der Waals surface area contributed by atoms with Gasteiger partial charge in [-0.05, 0) is 18.1 Å². The van der Waals surface area contributed by atoms with Gasteiger partial charge >= 0.3 is 0 Å². The molecule has 110 valence electrons. The first-order chi connectivity index (χ1) is 10.6. The van der Waals surface area contributed by atoms with Crippen molar-refractivity contribution in [3.05, 3.63) is 35.9 Å². The number of pyridine rings is 2. The van der Waals surface area contributed by atoms with Gasteiger partial charge in [0.05, 0.1) is 23.7 Å². The summed E-state index contributed by atoms with van der Waals surface area (Å²) in [6.07, 6.45) is 4.12. The Morgan fingerprint density at radius 2 is 2.18 bits per heavy atom. The Morgan fingerprint density at radius 3 is 2.91 bits per heavy atom. The SMILES string of the molecule is CCc1cc(C#N)ncc1Nc1cc2c(ncn2C)c(N)n1. The summed E-state index contributed by atoms with van der Waals surface area (Å²) in [5, 5.41) is 12.1. The molecule has 0 aromatic carbocycles. The molecule has 7 nitrogen and oxygen atoms in total. The number of aromatic nitrogens is 4. The highest BCUT2D eigenvalue weighted by Crippen LogP contribution is 2.25. The van der Waals surface area contributed by atoms with E-state index in [2.05, 4.69) is 20.3 Å². The number of nitriles is 1. The van der Waals surface area contributed by atoms with Gasteiger partial charge in [-0.3, -0.25) is 0 Å². The van der Waals surface area contributed by atoms with Crippen molar-refractivity contribution < 1.29 is 0 Å². The zero-order valence-corrected chi connectivity index (χ0v) is 12.3. The summed E-state index contributed by atoms with van der Waals surface area (Å²) in [4.78, 5) is 12.6. The van der Waals surface area contributed by atoms with Crippen molar-refractivity contribution in [3.63, 3.8) is 0 Å². The molecule has 3 aromatic rings. The smallest absolute Gasteiger partial charge is 0.154 e. The van der Waals surface area contributed by atoms with Gasteiger partial charge in [0.2, 0.25) is 0 Å².